The van der Waals surface area contributed by atoms with E-state index in [0.717, 1.165) is 19.6 Å². The number of carboxylic acid groups (broad SMARTS) is 1. The number of aliphatic carboxylic acids is 1. The zero-order chi connectivity index (χ0) is 15.7. The number of methoxy groups -OCH3 is 1. The number of para-hydroxylation sites is 1. The van der Waals surface area contributed by atoms with E-state index in [0.29, 0.717) is 25.7 Å². The smallest absolute Gasteiger partial charge is 0.419 e. The SMILES string of the molecule is COc1c(C(F)(F)F)cccc1C1(C(=O)O)CCCCC1. The maximum atomic E-state index is 13.1. The van der Waals surface area contributed by atoms with Crippen LogP contribution in [0.4, 0.5) is 13.2 Å². The van der Waals surface area contributed by atoms with Crippen molar-refractivity contribution >= 4 is 5.97 Å². The minimum absolute atomic E-state index is 0.132. The predicted molar refractivity (Wildman–Crippen MR) is 70.4 cm³/mol. The summed E-state index contributed by atoms with van der Waals surface area (Å²) < 4.78 is 44.2. The molecule has 1 aromatic carbocycles. The third-order valence-electron chi connectivity index (χ3n) is 4.16. The van der Waals surface area contributed by atoms with Gasteiger partial charge in [0.05, 0.1) is 18.1 Å². The molecule has 0 aliphatic heterocycles. The molecule has 0 radical (unpaired) electrons. The summed E-state index contributed by atoms with van der Waals surface area (Å²) in [5, 5.41) is 9.62. The Kier molecular flexibility index (Phi) is 4.16. The normalized spacial score (nSPS) is 18.3. The molecule has 6 heteroatoms. The van der Waals surface area contributed by atoms with E-state index < -0.39 is 23.1 Å². The second-order valence-electron chi connectivity index (χ2n) is 5.33. The minimum Gasteiger partial charge on any atom is -0.496 e. The molecule has 1 aliphatic carbocycles. The zero-order valence-electron chi connectivity index (χ0n) is 11.7. The highest BCUT2D eigenvalue weighted by Gasteiger charge is 2.46. The maximum absolute atomic E-state index is 13.1. The van der Waals surface area contributed by atoms with Crippen LogP contribution in [0.3, 0.4) is 0 Å². The number of hydrogen-bond acceptors (Lipinski definition) is 2. The Labute approximate surface area is 120 Å². The van der Waals surface area contributed by atoms with Crippen molar-refractivity contribution in [1.82, 2.24) is 0 Å². The Hall–Kier alpha value is -1.72. The molecule has 0 atom stereocenters. The number of benzene rings is 1. The average Bonchev–Trinajstić information content (AvgIpc) is 2.46. The van der Waals surface area contributed by atoms with Crippen molar-refractivity contribution in [1.29, 1.82) is 0 Å². The molecule has 1 aromatic rings. The first-order chi connectivity index (χ1) is 9.83. The van der Waals surface area contributed by atoms with Gasteiger partial charge in [0, 0.05) is 5.56 Å². The van der Waals surface area contributed by atoms with Gasteiger partial charge in [-0.3, -0.25) is 4.79 Å². The molecule has 2 rings (SSSR count). The summed E-state index contributed by atoms with van der Waals surface area (Å²) >= 11 is 0. The molecule has 0 amide bonds. The fraction of sp³-hybridized carbons (Fsp3) is 0.533. The minimum atomic E-state index is -4.57. The monoisotopic (exact) mass is 302 g/mol. The lowest BCUT2D eigenvalue weighted by atomic mass is 9.69. The zero-order valence-corrected chi connectivity index (χ0v) is 11.7. The Morgan fingerprint density at radius 3 is 2.33 bits per heavy atom. The lowest BCUT2D eigenvalue weighted by Gasteiger charge is -2.35. The number of ether oxygens (including phenoxy) is 1. The Morgan fingerprint density at radius 1 is 1.24 bits per heavy atom. The van der Waals surface area contributed by atoms with E-state index in [-0.39, 0.29) is 11.3 Å². The van der Waals surface area contributed by atoms with Gasteiger partial charge in [-0.05, 0) is 18.9 Å². The molecule has 116 valence electrons. The summed E-state index contributed by atoms with van der Waals surface area (Å²) in [4.78, 5) is 11.8. The lowest BCUT2D eigenvalue weighted by molar-refractivity contribution is -0.146. The number of hydrogen-bond donors (Lipinski definition) is 1. The molecule has 1 N–H and O–H groups in total. The number of halogens is 3. The van der Waals surface area contributed by atoms with Crippen LogP contribution in [-0.2, 0) is 16.4 Å². The van der Waals surface area contributed by atoms with Crippen molar-refractivity contribution in [3.05, 3.63) is 29.3 Å². The van der Waals surface area contributed by atoms with E-state index in [2.05, 4.69) is 0 Å². The third-order valence-corrected chi connectivity index (χ3v) is 4.16. The number of rotatable bonds is 3. The molecule has 0 saturated heterocycles. The van der Waals surface area contributed by atoms with Crippen LogP contribution in [0, 0.1) is 0 Å². The first kappa shape index (κ1) is 15.7. The highest BCUT2D eigenvalue weighted by atomic mass is 19.4. The Bertz CT molecular complexity index is 531. The van der Waals surface area contributed by atoms with Gasteiger partial charge in [-0.25, -0.2) is 0 Å². The summed E-state index contributed by atoms with van der Waals surface area (Å²) in [5.74, 6) is -1.45. The molecule has 0 aromatic heterocycles. The van der Waals surface area contributed by atoms with Crippen molar-refractivity contribution in [2.45, 2.75) is 43.7 Å². The number of alkyl halides is 3. The van der Waals surface area contributed by atoms with Gasteiger partial charge < -0.3 is 9.84 Å². The summed E-state index contributed by atoms with van der Waals surface area (Å²) in [5.41, 5.74) is -2.08. The third kappa shape index (κ3) is 2.71. The number of carboxylic acids is 1. The fourth-order valence-corrected chi connectivity index (χ4v) is 3.11. The predicted octanol–water partition coefficient (Wildman–Crippen LogP) is 4.00. The molecule has 1 aliphatic rings. The standard InChI is InChI=1S/C15H17F3O3/c1-21-12-10(6-5-7-11(12)15(16,17)18)14(13(19)20)8-3-2-4-9-14/h5-7H,2-4,8-9H2,1H3,(H,19,20). The molecule has 0 heterocycles. The molecule has 21 heavy (non-hydrogen) atoms. The summed E-state index contributed by atoms with van der Waals surface area (Å²) in [6.45, 7) is 0. The molecule has 1 saturated carbocycles. The van der Waals surface area contributed by atoms with E-state index in [4.69, 9.17) is 4.74 Å². The first-order valence-corrected chi connectivity index (χ1v) is 6.81. The quantitative estimate of drug-likeness (QED) is 0.918. The van der Waals surface area contributed by atoms with E-state index in [9.17, 15) is 23.1 Å². The molecular weight excluding hydrogens is 285 g/mol. The average molecular weight is 302 g/mol. The van der Waals surface area contributed by atoms with E-state index in [1.807, 2.05) is 0 Å². The highest BCUT2D eigenvalue weighted by molar-refractivity contribution is 5.83. The topological polar surface area (TPSA) is 46.5 Å². The van der Waals surface area contributed by atoms with Gasteiger partial charge in [0.25, 0.3) is 0 Å². The van der Waals surface area contributed by atoms with Gasteiger partial charge in [-0.2, -0.15) is 13.2 Å². The Balaban J connectivity index is 2.64. The molecular formula is C15H17F3O3. The van der Waals surface area contributed by atoms with E-state index in [1.54, 1.807) is 0 Å². The van der Waals surface area contributed by atoms with Gasteiger partial charge in [0.2, 0.25) is 0 Å². The second kappa shape index (κ2) is 5.58. The van der Waals surface area contributed by atoms with Crippen molar-refractivity contribution < 1.29 is 27.8 Å². The van der Waals surface area contributed by atoms with Crippen LogP contribution >= 0.6 is 0 Å². The van der Waals surface area contributed by atoms with Crippen LogP contribution in [0.5, 0.6) is 5.75 Å². The highest BCUT2D eigenvalue weighted by Crippen LogP contribution is 2.47. The van der Waals surface area contributed by atoms with Gasteiger partial charge in [-0.1, -0.05) is 31.4 Å². The fourth-order valence-electron chi connectivity index (χ4n) is 3.11. The van der Waals surface area contributed by atoms with Crippen LogP contribution in [-0.4, -0.2) is 18.2 Å². The largest absolute Gasteiger partial charge is 0.496 e. The van der Waals surface area contributed by atoms with E-state index in [1.165, 1.54) is 12.1 Å². The lowest BCUT2D eigenvalue weighted by Crippen LogP contribution is -2.38. The van der Waals surface area contributed by atoms with Crippen LogP contribution < -0.4 is 4.74 Å². The second-order valence-corrected chi connectivity index (χ2v) is 5.33. The van der Waals surface area contributed by atoms with E-state index >= 15 is 0 Å². The summed E-state index contributed by atoms with van der Waals surface area (Å²) in [6.07, 6.45) is -1.64. The summed E-state index contributed by atoms with van der Waals surface area (Å²) in [7, 11) is 1.15. The first-order valence-electron chi connectivity index (χ1n) is 6.81. The Morgan fingerprint density at radius 2 is 1.86 bits per heavy atom. The van der Waals surface area contributed by atoms with Crippen LogP contribution in [0.1, 0.15) is 43.2 Å². The number of carbonyl (C=O) groups is 1. The van der Waals surface area contributed by atoms with Crippen LogP contribution in [0.2, 0.25) is 0 Å². The van der Waals surface area contributed by atoms with Crippen LogP contribution in [0.25, 0.3) is 0 Å². The summed E-state index contributed by atoms with van der Waals surface area (Å²) in [6, 6.07) is 3.61. The molecule has 0 bridgehead atoms. The van der Waals surface area contributed by atoms with Crippen molar-refractivity contribution in [2.24, 2.45) is 0 Å². The van der Waals surface area contributed by atoms with Gasteiger partial charge in [0.1, 0.15) is 5.75 Å². The van der Waals surface area contributed by atoms with Crippen molar-refractivity contribution in [3.8, 4) is 5.75 Å². The van der Waals surface area contributed by atoms with Gasteiger partial charge in [-0.15, -0.1) is 0 Å². The van der Waals surface area contributed by atoms with Crippen LogP contribution in [0.15, 0.2) is 18.2 Å². The van der Waals surface area contributed by atoms with Crippen molar-refractivity contribution in [3.63, 3.8) is 0 Å². The molecule has 0 spiro atoms. The van der Waals surface area contributed by atoms with Gasteiger partial charge in [0.15, 0.2) is 0 Å². The maximum Gasteiger partial charge on any atom is 0.419 e. The molecule has 1 fully saturated rings. The van der Waals surface area contributed by atoms with Gasteiger partial charge >= 0.3 is 12.1 Å². The van der Waals surface area contributed by atoms with Crippen molar-refractivity contribution in [2.75, 3.05) is 7.11 Å². The molecule has 0 unspecified atom stereocenters. The molecule has 3 nitrogen and oxygen atoms in total.